The summed E-state index contributed by atoms with van der Waals surface area (Å²) < 4.78 is 10.8. The van der Waals surface area contributed by atoms with Gasteiger partial charge in [-0.2, -0.15) is 0 Å². The highest BCUT2D eigenvalue weighted by Crippen LogP contribution is 2.53. The third-order valence-corrected chi connectivity index (χ3v) is 2.89. The number of benzene rings is 1. The lowest BCUT2D eigenvalue weighted by Crippen LogP contribution is -2.15. The summed E-state index contributed by atoms with van der Waals surface area (Å²) in [5.41, 5.74) is 2.29. The van der Waals surface area contributed by atoms with E-state index in [2.05, 4.69) is 6.58 Å². The number of esters is 1. The number of carbonyl (C=O) groups is 1. The van der Waals surface area contributed by atoms with Crippen LogP contribution in [0.25, 0.3) is 0 Å². The average molecular weight is 202 g/mol. The normalized spacial score (nSPS) is 24.8. The number of carbonyl (C=O) groups excluding carboxylic acids is 1. The quantitative estimate of drug-likeness (QED) is 0.545. The zero-order valence-corrected chi connectivity index (χ0v) is 8.10. The van der Waals surface area contributed by atoms with Gasteiger partial charge in [0.25, 0.3) is 0 Å². The molecule has 1 aliphatic heterocycles. The van der Waals surface area contributed by atoms with Crippen LogP contribution < -0.4 is 4.74 Å². The highest BCUT2D eigenvalue weighted by Gasteiger charge is 2.42. The van der Waals surface area contributed by atoms with Gasteiger partial charge in [0.1, 0.15) is 18.0 Å². The van der Waals surface area contributed by atoms with Gasteiger partial charge in [-0.05, 0) is 6.07 Å². The molecule has 0 spiro atoms. The largest absolute Gasteiger partial charge is 0.485 e. The fourth-order valence-electron chi connectivity index (χ4n) is 2.23. The first kappa shape index (κ1) is 8.53. The Morgan fingerprint density at radius 1 is 1.60 bits per heavy atom. The summed E-state index contributed by atoms with van der Waals surface area (Å²) in [5, 5.41) is 0. The van der Waals surface area contributed by atoms with Gasteiger partial charge >= 0.3 is 5.97 Å². The van der Waals surface area contributed by atoms with E-state index in [-0.39, 0.29) is 18.2 Å². The van der Waals surface area contributed by atoms with Crippen molar-refractivity contribution >= 4 is 5.97 Å². The molecule has 15 heavy (non-hydrogen) atoms. The highest BCUT2D eigenvalue weighted by molar-refractivity contribution is 5.81. The predicted octanol–water partition coefficient (Wildman–Crippen LogP) is 2.29. The van der Waals surface area contributed by atoms with Gasteiger partial charge in [-0.15, -0.1) is 0 Å². The van der Waals surface area contributed by atoms with Gasteiger partial charge in [-0.25, -0.2) is 4.79 Å². The van der Waals surface area contributed by atoms with Crippen LogP contribution >= 0.6 is 0 Å². The SMILES string of the molecule is C=CC(=O)OC1CC2Oc3cccc1c32. The second-order valence-electron chi connectivity index (χ2n) is 3.73. The van der Waals surface area contributed by atoms with Crippen molar-refractivity contribution in [2.45, 2.75) is 18.6 Å². The Hall–Kier alpha value is -1.77. The lowest BCUT2D eigenvalue weighted by Gasteiger charge is -2.26. The molecular weight excluding hydrogens is 192 g/mol. The van der Waals surface area contributed by atoms with Crippen LogP contribution in [0.3, 0.4) is 0 Å². The van der Waals surface area contributed by atoms with E-state index in [0.29, 0.717) is 0 Å². The summed E-state index contributed by atoms with van der Waals surface area (Å²) in [6.07, 6.45) is 1.87. The van der Waals surface area contributed by atoms with Crippen LogP contribution in [0.5, 0.6) is 5.75 Å². The molecule has 0 bridgehead atoms. The lowest BCUT2D eigenvalue weighted by atomic mass is 10.0. The summed E-state index contributed by atoms with van der Waals surface area (Å²) in [5.74, 6) is 0.550. The van der Waals surface area contributed by atoms with Crippen LogP contribution in [0.1, 0.15) is 29.8 Å². The molecule has 0 saturated heterocycles. The highest BCUT2D eigenvalue weighted by atomic mass is 16.6. The van der Waals surface area contributed by atoms with Crippen LogP contribution in [0.2, 0.25) is 0 Å². The molecule has 3 rings (SSSR count). The fraction of sp³-hybridized carbons (Fsp3) is 0.250. The Bertz CT molecular complexity index is 450. The maximum Gasteiger partial charge on any atom is 0.330 e. The molecule has 76 valence electrons. The Morgan fingerprint density at radius 3 is 3.27 bits per heavy atom. The zero-order chi connectivity index (χ0) is 10.4. The molecule has 0 radical (unpaired) electrons. The molecule has 0 amide bonds. The first-order chi connectivity index (χ1) is 7.29. The molecule has 0 aromatic heterocycles. The van der Waals surface area contributed by atoms with Crippen LogP contribution in [-0.4, -0.2) is 5.97 Å². The van der Waals surface area contributed by atoms with E-state index in [1.54, 1.807) is 0 Å². The van der Waals surface area contributed by atoms with Gasteiger partial charge in [0.2, 0.25) is 0 Å². The minimum Gasteiger partial charge on any atom is -0.485 e. The van der Waals surface area contributed by atoms with E-state index in [1.165, 1.54) is 11.6 Å². The Balaban J connectivity index is 1.92. The molecule has 1 aromatic rings. The number of hydrogen-bond acceptors (Lipinski definition) is 3. The minimum absolute atomic E-state index is 0.124. The van der Waals surface area contributed by atoms with Crippen LogP contribution in [-0.2, 0) is 9.53 Å². The summed E-state index contributed by atoms with van der Waals surface area (Å²) in [4.78, 5) is 11.1. The number of rotatable bonds is 2. The van der Waals surface area contributed by atoms with Crippen molar-refractivity contribution in [3.63, 3.8) is 0 Å². The first-order valence-corrected chi connectivity index (χ1v) is 4.92. The average Bonchev–Trinajstić information content (AvgIpc) is 2.53. The fourth-order valence-corrected chi connectivity index (χ4v) is 2.23. The molecule has 2 aliphatic rings. The lowest BCUT2D eigenvalue weighted by molar-refractivity contribution is -0.143. The number of hydrogen-bond donors (Lipinski definition) is 0. The van der Waals surface area contributed by atoms with E-state index >= 15 is 0 Å². The molecule has 1 aromatic carbocycles. The van der Waals surface area contributed by atoms with Gasteiger partial charge in [0.05, 0.1) is 0 Å². The summed E-state index contributed by atoms with van der Waals surface area (Å²) in [7, 11) is 0. The third kappa shape index (κ3) is 1.09. The monoisotopic (exact) mass is 202 g/mol. The van der Waals surface area contributed by atoms with Crippen molar-refractivity contribution in [2.75, 3.05) is 0 Å². The van der Waals surface area contributed by atoms with Crippen molar-refractivity contribution < 1.29 is 14.3 Å². The van der Waals surface area contributed by atoms with E-state index in [1.807, 2.05) is 18.2 Å². The Kier molecular flexibility index (Phi) is 1.63. The maximum absolute atomic E-state index is 11.1. The van der Waals surface area contributed by atoms with Crippen LogP contribution in [0.15, 0.2) is 30.9 Å². The summed E-state index contributed by atoms with van der Waals surface area (Å²) in [6.45, 7) is 3.38. The Labute approximate surface area is 87.3 Å². The molecule has 1 aliphatic carbocycles. The summed E-state index contributed by atoms with van der Waals surface area (Å²) in [6, 6.07) is 5.85. The molecule has 1 heterocycles. The minimum atomic E-state index is -0.376. The first-order valence-electron chi connectivity index (χ1n) is 4.92. The maximum atomic E-state index is 11.1. The summed E-state index contributed by atoms with van der Waals surface area (Å²) >= 11 is 0. The van der Waals surface area contributed by atoms with Crippen molar-refractivity contribution in [2.24, 2.45) is 0 Å². The van der Waals surface area contributed by atoms with E-state index in [0.717, 1.165) is 17.7 Å². The van der Waals surface area contributed by atoms with Gasteiger partial charge in [-0.3, -0.25) is 0 Å². The van der Waals surface area contributed by atoms with Gasteiger partial charge in [0, 0.05) is 23.6 Å². The molecule has 2 unspecified atom stereocenters. The molecule has 0 saturated carbocycles. The standard InChI is InChI=1S/C12H10O3/c1-2-11(13)15-9-6-10-12-7(9)4-3-5-8(12)14-10/h2-5,9-10H,1,6H2. The topological polar surface area (TPSA) is 35.5 Å². The van der Waals surface area contributed by atoms with Crippen LogP contribution in [0.4, 0.5) is 0 Å². The second-order valence-corrected chi connectivity index (χ2v) is 3.73. The smallest absolute Gasteiger partial charge is 0.330 e. The predicted molar refractivity (Wildman–Crippen MR) is 53.5 cm³/mol. The van der Waals surface area contributed by atoms with Crippen molar-refractivity contribution in [1.29, 1.82) is 0 Å². The van der Waals surface area contributed by atoms with Crippen molar-refractivity contribution in [3.8, 4) is 5.75 Å². The zero-order valence-electron chi connectivity index (χ0n) is 8.10. The molecular formula is C12H10O3. The number of ether oxygens (including phenoxy) is 2. The molecule has 3 nitrogen and oxygen atoms in total. The second kappa shape index (κ2) is 2.86. The van der Waals surface area contributed by atoms with Gasteiger partial charge in [0.15, 0.2) is 0 Å². The van der Waals surface area contributed by atoms with E-state index in [9.17, 15) is 4.79 Å². The van der Waals surface area contributed by atoms with Crippen molar-refractivity contribution in [1.82, 2.24) is 0 Å². The molecule has 0 fully saturated rings. The molecule has 0 N–H and O–H groups in total. The van der Waals surface area contributed by atoms with Crippen molar-refractivity contribution in [3.05, 3.63) is 42.0 Å². The van der Waals surface area contributed by atoms with E-state index in [4.69, 9.17) is 9.47 Å². The van der Waals surface area contributed by atoms with Crippen LogP contribution in [0, 0.1) is 0 Å². The Morgan fingerprint density at radius 2 is 2.47 bits per heavy atom. The third-order valence-electron chi connectivity index (χ3n) is 2.89. The van der Waals surface area contributed by atoms with Gasteiger partial charge in [-0.1, -0.05) is 18.7 Å². The molecule has 2 atom stereocenters. The van der Waals surface area contributed by atoms with Gasteiger partial charge < -0.3 is 9.47 Å². The molecule has 3 heteroatoms. The van der Waals surface area contributed by atoms with E-state index < -0.39 is 0 Å².